The minimum absolute atomic E-state index is 0.574. The molecule has 2 rings (SSSR count). The molecule has 2 aromatic rings. The summed E-state index contributed by atoms with van der Waals surface area (Å²) in [5.74, 6) is 0.574. The maximum atomic E-state index is 5.32. The first-order valence-corrected chi connectivity index (χ1v) is 7.67. The van der Waals surface area contributed by atoms with Crippen LogP contribution in [0.5, 0.6) is 0 Å². The second-order valence-corrected chi connectivity index (χ2v) is 5.44. The molecule has 0 saturated carbocycles. The molecule has 1 aromatic heterocycles. The lowest BCUT2D eigenvalue weighted by Gasteiger charge is -2.17. The number of pyridine rings is 1. The minimum atomic E-state index is 0.574. The van der Waals surface area contributed by atoms with E-state index in [2.05, 4.69) is 52.9 Å². The standard InChI is InChI=1S/C17H21N3S/c1-2-14(12-15-6-4-3-5-7-15)13-19-17(21)20-16-8-10-18-11-9-16/h3-11,14H,2,12-13H2,1H3,(H2,18,19,20,21)/t14-/m1/s1. The predicted octanol–water partition coefficient (Wildman–Crippen LogP) is 3.64. The number of thiocarbonyl (C=S) groups is 1. The molecule has 0 unspecified atom stereocenters. The molecule has 0 radical (unpaired) electrons. The molecule has 21 heavy (non-hydrogen) atoms. The van der Waals surface area contributed by atoms with Gasteiger partial charge in [-0.3, -0.25) is 4.98 Å². The van der Waals surface area contributed by atoms with E-state index in [0.29, 0.717) is 11.0 Å². The molecule has 0 amide bonds. The van der Waals surface area contributed by atoms with Gasteiger partial charge in [-0.15, -0.1) is 0 Å². The van der Waals surface area contributed by atoms with Crippen LogP contribution in [0.1, 0.15) is 18.9 Å². The minimum Gasteiger partial charge on any atom is -0.362 e. The smallest absolute Gasteiger partial charge is 0.170 e. The third-order valence-corrected chi connectivity index (χ3v) is 3.68. The molecule has 0 aliphatic rings. The summed E-state index contributed by atoms with van der Waals surface area (Å²) < 4.78 is 0. The lowest BCUT2D eigenvalue weighted by atomic mass is 9.97. The first-order chi connectivity index (χ1) is 10.3. The van der Waals surface area contributed by atoms with Crippen molar-refractivity contribution >= 4 is 23.0 Å². The average molecular weight is 299 g/mol. The Balaban J connectivity index is 1.79. The van der Waals surface area contributed by atoms with Gasteiger partial charge in [-0.05, 0) is 42.3 Å². The van der Waals surface area contributed by atoms with Crippen LogP contribution in [-0.2, 0) is 6.42 Å². The lowest BCUT2D eigenvalue weighted by Crippen LogP contribution is -2.33. The number of nitrogens with zero attached hydrogens (tertiary/aromatic N) is 1. The molecule has 0 bridgehead atoms. The van der Waals surface area contributed by atoms with E-state index >= 15 is 0 Å². The Morgan fingerprint density at radius 3 is 2.52 bits per heavy atom. The molecule has 0 aliphatic carbocycles. The summed E-state index contributed by atoms with van der Waals surface area (Å²) >= 11 is 5.32. The van der Waals surface area contributed by atoms with Crippen molar-refractivity contribution in [2.75, 3.05) is 11.9 Å². The zero-order chi connectivity index (χ0) is 14.9. The van der Waals surface area contributed by atoms with Gasteiger partial charge in [0.1, 0.15) is 0 Å². The summed E-state index contributed by atoms with van der Waals surface area (Å²) in [4.78, 5) is 3.98. The normalized spacial score (nSPS) is 11.7. The van der Waals surface area contributed by atoms with Gasteiger partial charge < -0.3 is 10.6 Å². The predicted molar refractivity (Wildman–Crippen MR) is 92.4 cm³/mol. The molecular formula is C17H21N3S. The van der Waals surface area contributed by atoms with E-state index in [0.717, 1.165) is 25.1 Å². The van der Waals surface area contributed by atoms with E-state index in [-0.39, 0.29) is 0 Å². The second-order valence-electron chi connectivity index (χ2n) is 5.03. The van der Waals surface area contributed by atoms with E-state index in [4.69, 9.17) is 12.2 Å². The summed E-state index contributed by atoms with van der Waals surface area (Å²) in [6.07, 6.45) is 5.69. The van der Waals surface area contributed by atoms with Gasteiger partial charge in [0.25, 0.3) is 0 Å². The topological polar surface area (TPSA) is 37.0 Å². The van der Waals surface area contributed by atoms with Crippen molar-refractivity contribution in [1.82, 2.24) is 10.3 Å². The molecule has 3 nitrogen and oxygen atoms in total. The summed E-state index contributed by atoms with van der Waals surface area (Å²) in [6.45, 7) is 3.09. The highest BCUT2D eigenvalue weighted by Gasteiger charge is 2.08. The Labute approximate surface area is 131 Å². The maximum Gasteiger partial charge on any atom is 0.170 e. The first kappa shape index (κ1) is 15.4. The van der Waals surface area contributed by atoms with Gasteiger partial charge in [0.2, 0.25) is 0 Å². The van der Waals surface area contributed by atoms with Crippen LogP contribution >= 0.6 is 12.2 Å². The van der Waals surface area contributed by atoms with E-state index < -0.39 is 0 Å². The van der Waals surface area contributed by atoms with E-state index in [1.165, 1.54) is 5.56 Å². The first-order valence-electron chi connectivity index (χ1n) is 7.26. The Bertz CT molecular complexity index is 542. The molecule has 1 heterocycles. The van der Waals surface area contributed by atoms with Gasteiger partial charge in [0.15, 0.2) is 5.11 Å². The van der Waals surface area contributed by atoms with Crippen LogP contribution in [0.3, 0.4) is 0 Å². The Morgan fingerprint density at radius 1 is 1.14 bits per heavy atom. The van der Waals surface area contributed by atoms with Crippen LogP contribution in [-0.4, -0.2) is 16.6 Å². The Morgan fingerprint density at radius 2 is 1.86 bits per heavy atom. The van der Waals surface area contributed by atoms with Gasteiger partial charge in [0, 0.05) is 24.6 Å². The fourth-order valence-corrected chi connectivity index (χ4v) is 2.36. The molecule has 0 fully saturated rings. The van der Waals surface area contributed by atoms with E-state index in [1.807, 2.05) is 12.1 Å². The molecule has 1 aromatic carbocycles. The van der Waals surface area contributed by atoms with Crippen molar-refractivity contribution in [3.05, 3.63) is 60.4 Å². The zero-order valence-corrected chi connectivity index (χ0v) is 13.1. The number of rotatable bonds is 6. The van der Waals surface area contributed by atoms with Gasteiger partial charge >= 0.3 is 0 Å². The van der Waals surface area contributed by atoms with Crippen LogP contribution in [0.2, 0.25) is 0 Å². The Hall–Kier alpha value is -1.94. The third kappa shape index (κ3) is 5.52. The van der Waals surface area contributed by atoms with Crippen LogP contribution in [0.4, 0.5) is 5.69 Å². The monoisotopic (exact) mass is 299 g/mol. The number of hydrogen-bond acceptors (Lipinski definition) is 2. The summed E-state index contributed by atoms with van der Waals surface area (Å²) in [7, 11) is 0. The SMILES string of the molecule is CC[C@@H](CNC(=S)Nc1ccncc1)Cc1ccccc1. The van der Waals surface area contributed by atoms with Crippen LogP contribution in [0.25, 0.3) is 0 Å². The van der Waals surface area contributed by atoms with E-state index in [1.54, 1.807) is 12.4 Å². The van der Waals surface area contributed by atoms with Crippen molar-refractivity contribution in [3.63, 3.8) is 0 Å². The van der Waals surface area contributed by atoms with Crippen molar-refractivity contribution in [2.45, 2.75) is 19.8 Å². The molecule has 2 N–H and O–H groups in total. The van der Waals surface area contributed by atoms with Gasteiger partial charge in [-0.1, -0.05) is 43.7 Å². The number of benzene rings is 1. The average Bonchev–Trinajstić information content (AvgIpc) is 2.53. The fourth-order valence-electron chi connectivity index (χ4n) is 2.16. The lowest BCUT2D eigenvalue weighted by molar-refractivity contribution is 0.498. The van der Waals surface area contributed by atoms with Crippen LogP contribution in [0, 0.1) is 5.92 Å². The largest absolute Gasteiger partial charge is 0.362 e. The maximum absolute atomic E-state index is 5.32. The summed E-state index contributed by atoms with van der Waals surface area (Å²) in [5, 5.41) is 7.13. The molecule has 4 heteroatoms. The Kier molecular flexibility index (Phi) is 6.16. The highest BCUT2D eigenvalue weighted by Crippen LogP contribution is 2.11. The van der Waals surface area contributed by atoms with Gasteiger partial charge in [0.05, 0.1) is 0 Å². The molecular weight excluding hydrogens is 278 g/mol. The second kappa shape index (κ2) is 8.37. The van der Waals surface area contributed by atoms with Gasteiger partial charge in [-0.25, -0.2) is 0 Å². The van der Waals surface area contributed by atoms with Crippen molar-refractivity contribution < 1.29 is 0 Å². The fraction of sp³-hybridized carbons (Fsp3) is 0.294. The quantitative estimate of drug-likeness (QED) is 0.799. The van der Waals surface area contributed by atoms with Crippen LogP contribution in [0.15, 0.2) is 54.9 Å². The number of anilines is 1. The highest BCUT2D eigenvalue weighted by atomic mass is 32.1. The number of nitrogens with one attached hydrogen (secondary N) is 2. The van der Waals surface area contributed by atoms with Crippen molar-refractivity contribution in [3.8, 4) is 0 Å². The highest BCUT2D eigenvalue weighted by molar-refractivity contribution is 7.80. The molecule has 110 valence electrons. The van der Waals surface area contributed by atoms with Crippen LogP contribution < -0.4 is 10.6 Å². The molecule has 0 spiro atoms. The number of aromatic nitrogens is 1. The number of hydrogen-bond donors (Lipinski definition) is 2. The van der Waals surface area contributed by atoms with Crippen molar-refractivity contribution in [2.24, 2.45) is 5.92 Å². The third-order valence-electron chi connectivity index (χ3n) is 3.43. The summed E-state index contributed by atoms with van der Waals surface area (Å²) in [5.41, 5.74) is 2.33. The molecule has 1 atom stereocenters. The summed E-state index contributed by atoms with van der Waals surface area (Å²) in [6, 6.07) is 14.4. The van der Waals surface area contributed by atoms with Crippen molar-refractivity contribution in [1.29, 1.82) is 0 Å². The molecule has 0 saturated heterocycles. The zero-order valence-electron chi connectivity index (χ0n) is 12.3. The van der Waals surface area contributed by atoms with Gasteiger partial charge in [-0.2, -0.15) is 0 Å². The van der Waals surface area contributed by atoms with E-state index in [9.17, 15) is 0 Å². The molecule has 0 aliphatic heterocycles.